The van der Waals surface area contributed by atoms with Crippen LogP contribution in [0.1, 0.15) is 11.1 Å². The summed E-state index contributed by atoms with van der Waals surface area (Å²) in [4.78, 5) is 15.6. The predicted octanol–water partition coefficient (Wildman–Crippen LogP) is 3.76. The molecule has 6 heteroatoms. The highest BCUT2D eigenvalue weighted by atomic mass is 32.2. The van der Waals surface area contributed by atoms with Gasteiger partial charge in [0.1, 0.15) is 4.90 Å². The molecule has 0 unspecified atom stereocenters. The van der Waals surface area contributed by atoms with E-state index >= 15 is 0 Å². The number of hydrogen-bond acceptors (Lipinski definition) is 3. The lowest BCUT2D eigenvalue weighted by atomic mass is 9.94. The van der Waals surface area contributed by atoms with Gasteiger partial charge in [-0.15, -0.1) is 0 Å². The van der Waals surface area contributed by atoms with Crippen LogP contribution < -0.4 is 5.56 Å². The van der Waals surface area contributed by atoms with Crippen molar-refractivity contribution in [2.45, 2.75) is 22.6 Å². The number of hydrogen-bond donors (Lipinski definition) is 1. The molecule has 0 radical (unpaired) electrons. The second-order valence-electron chi connectivity index (χ2n) is 7.07. The monoisotopic (exact) mass is 402 g/mol. The number of para-hydroxylation sites is 1. The van der Waals surface area contributed by atoms with Crippen molar-refractivity contribution < 1.29 is 8.42 Å². The molecular formula is C23H18N2O3S. The molecule has 2 aromatic carbocycles. The zero-order valence-electron chi connectivity index (χ0n) is 15.5. The van der Waals surface area contributed by atoms with Gasteiger partial charge in [0.15, 0.2) is 0 Å². The summed E-state index contributed by atoms with van der Waals surface area (Å²) in [7, 11) is -3.88. The lowest BCUT2D eigenvalue weighted by Crippen LogP contribution is -2.22. The maximum atomic E-state index is 13.0. The maximum absolute atomic E-state index is 13.0. The Labute approximate surface area is 168 Å². The fourth-order valence-electron chi connectivity index (χ4n) is 3.91. The SMILES string of the molecule is O=c1[nH]c2c(cc1S(=O)(=O)c1ccccc1)CCc1ccn(-c3ccccc3)c1-2. The van der Waals surface area contributed by atoms with Crippen molar-refractivity contribution in [3.63, 3.8) is 0 Å². The van der Waals surface area contributed by atoms with E-state index in [0.29, 0.717) is 12.1 Å². The molecule has 0 amide bonds. The Bertz CT molecular complexity index is 1370. The van der Waals surface area contributed by atoms with Crippen LogP contribution in [0.2, 0.25) is 0 Å². The zero-order valence-corrected chi connectivity index (χ0v) is 16.3. The van der Waals surface area contributed by atoms with Gasteiger partial charge in [-0.1, -0.05) is 36.4 Å². The number of H-pyrrole nitrogens is 1. The Morgan fingerprint density at radius 3 is 2.21 bits per heavy atom. The molecule has 5 rings (SSSR count). The minimum Gasteiger partial charge on any atom is -0.319 e. The van der Waals surface area contributed by atoms with Gasteiger partial charge in [0, 0.05) is 11.9 Å². The Hall–Kier alpha value is -3.38. The summed E-state index contributed by atoms with van der Waals surface area (Å²) in [5.41, 5.74) is 3.97. The molecule has 2 aromatic heterocycles. The number of pyridine rings is 1. The smallest absolute Gasteiger partial charge is 0.267 e. The minimum atomic E-state index is -3.88. The average molecular weight is 402 g/mol. The summed E-state index contributed by atoms with van der Waals surface area (Å²) in [6, 6.07) is 21.5. The molecule has 29 heavy (non-hydrogen) atoms. The topological polar surface area (TPSA) is 71.9 Å². The molecule has 0 bridgehead atoms. The van der Waals surface area contributed by atoms with Gasteiger partial charge in [0.2, 0.25) is 9.84 Å². The Morgan fingerprint density at radius 2 is 1.48 bits per heavy atom. The lowest BCUT2D eigenvalue weighted by molar-refractivity contribution is 0.594. The molecule has 0 atom stereocenters. The highest BCUT2D eigenvalue weighted by Gasteiger charge is 2.27. The number of benzene rings is 2. The Balaban J connectivity index is 1.69. The van der Waals surface area contributed by atoms with Crippen LogP contribution in [0.4, 0.5) is 0 Å². The number of aryl methyl sites for hydroxylation is 2. The molecule has 5 nitrogen and oxygen atoms in total. The van der Waals surface area contributed by atoms with Crippen LogP contribution in [0.15, 0.2) is 93.6 Å². The number of rotatable bonds is 3. The zero-order chi connectivity index (χ0) is 20.0. The van der Waals surface area contributed by atoms with Crippen LogP contribution in [-0.2, 0) is 22.7 Å². The second kappa shape index (κ2) is 6.60. The third-order valence-electron chi connectivity index (χ3n) is 5.34. The van der Waals surface area contributed by atoms with Crippen LogP contribution in [0.3, 0.4) is 0 Å². The summed E-state index contributed by atoms with van der Waals surface area (Å²) >= 11 is 0. The van der Waals surface area contributed by atoms with Crippen molar-refractivity contribution in [2.24, 2.45) is 0 Å². The quantitative estimate of drug-likeness (QED) is 0.567. The standard InChI is InChI=1S/C23H18N2O3S/c26-23-20(29(27,28)19-9-5-2-6-10-19)15-17-12-11-16-13-14-25(22(16)21(17)24-23)18-7-3-1-4-8-18/h1-10,13-15H,11-12H2,(H,24,26). The van der Waals surface area contributed by atoms with Crippen molar-refractivity contribution in [3.05, 3.63) is 100 Å². The molecule has 0 spiro atoms. The largest absolute Gasteiger partial charge is 0.319 e. The van der Waals surface area contributed by atoms with Crippen LogP contribution in [0, 0.1) is 0 Å². The van der Waals surface area contributed by atoms with Gasteiger partial charge in [-0.25, -0.2) is 8.42 Å². The van der Waals surface area contributed by atoms with Crippen LogP contribution in [-0.4, -0.2) is 18.0 Å². The number of nitrogens with one attached hydrogen (secondary N) is 1. The first-order valence-corrected chi connectivity index (χ1v) is 10.9. The Morgan fingerprint density at radius 1 is 0.828 bits per heavy atom. The fraction of sp³-hybridized carbons (Fsp3) is 0.0870. The third-order valence-corrected chi connectivity index (χ3v) is 7.11. The van der Waals surface area contributed by atoms with E-state index in [1.54, 1.807) is 24.3 Å². The minimum absolute atomic E-state index is 0.120. The highest BCUT2D eigenvalue weighted by Crippen LogP contribution is 2.35. The normalized spacial score (nSPS) is 13.0. The summed E-state index contributed by atoms with van der Waals surface area (Å²) in [6.45, 7) is 0. The maximum Gasteiger partial charge on any atom is 0.267 e. The first-order valence-electron chi connectivity index (χ1n) is 9.38. The van der Waals surface area contributed by atoms with Crippen molar-refractivity contribution >= 4 is 9.84 Å². The van der Waals surface area contributed by atoms with E-state index in [4.69, 9.17) is 0 Å². The van der Waals surface area contributed by atoms with Gasteiger partial charge in [0.25, 0.3) is 5.56 Å². The van der Waals surface area contributed by atoms with Gasteiger partial charge in [0.05, 0.1) is 16.3 Å². The van der Waals surface area contributed by atoms with Crippen molar-refractivity contribution in [1.29, 1.82) is 0 Å². The third kappa shape index (κ3) is 2.84. The summed E-state index contributed by atoms with van der Waals surface area (Å²) in [6.07, 6.45) is 3.45. The highest BCUT2D eigenvalue weighted by molar-refractivity contribution is 7.91. The van der Waals surface area contributed by atoms with E-state index in [1.807, 2.05) is 41.1 Å². The van der Waals surface area contributed by atoms with Gasteiger partial charge < -0.3 is 9.55 Å². The number of sulfone groups is 1. The second-order valence-corrected chi connectivity index (χ2v) is 8.99. The number of fused-ring (bicyclic) bond motifs is 3. The van der Waals surface area contributed by atoms with E-state index < -0.39 is 15.4 Å². The molecule has 0 fully saturated rings. The lowest BCUT2D eigenvalue weighted by Gasteiger charge is -2.20. The molecule has 4 aromatic rings. The average Bonchev–Trinajstić information content (AvgIpc) is 3.19. The molecule has 1 aliphatic rings. The number of aromatic amines is 1. The van der Waals surface area contributed by atoms with E-state index in [1.165, 1.54) is 12.1 Å². The first-order chi connectivity index (χ1) is 14.1. The summed E-state index contributed by atoms with van der Waals surface area (Å²) in [5, 5.41) is 0. The number of aromatic nitrogens is 2. The van der Waals surface area contributed by atoms with Crippen molar-refractivity contribution in [3.8, 4) is 17.1 Å². The van der Waals surface area contributed by atoms with Gasteiger partial charge in [-0.3, -0.25) is 4.79 Å². The van der Waals surface area contributed by atoms with Crippen LogP contribution >= 0.6 is 0 Å². The summed E-state index contributed by atoms with van der Waals surface area (Å²) in [5.74, 6) is 0. The van der Waals surface area contributed by atoms with Crippen LogP contribution in [0.5, 0.6) is 0 Å². The summed E-state index contributed by atoms with van der Waals surface area (Å²) < 4.78 is 28.0. The van der Waals surface area contributed by atoms with E-state index in [2.05, 4.69) is 11.1 Å². The Kier molecular flexibility index (Phi) is 4.03. The van der Waals surface area contributed by atoms with Crippen molar-refractivity contribution in [1.82, 2.24) is 9.55 Å². The van der Waals surface area contributed by atoms with Crippen LogP contribution in [0.25, 0.3) is 17.1 Å². The molecule has 1 N–H and O–H groups in total. The molecule has 1 aliphatic carbocycles. The first kappa shape index (κ1) is 17.7. The fourth-order valence-corrected chi connectivity index (χ4v) is 5.28. The molecule has 0 saturated carbocycles. The van der Waals surface area contributed by atoms with E-state index in [9.17, 15) is 13.2 Å². The molecule has 0 saturated heterocycles. The van der Waals surface area contributed by atoms with Gasteiger partial charge in [-0.2, -0.15) is 0 Å². The number of nitrogens with zero attached hydrogens (tertiary/aromatic N) is 1. The van der Waals surface area contributed by atoms with Gasteiger partial charge >= 0.3 is 0 Å². The van der Waals surface area contributed by atoms with Gasteiger partial charge in [-0.05, 0) is 60.4 Å². The molecule has 0 aliphatic heterocycles. The molecular weight excluding hydrogens is 384 g/mol. The van der Waals surface area contributed by atoms with E-state index in [-0.39, 0.29) is 9.79 Å². The van der Waals surface area contributed by atoms with Crippen molar-refractivity contribution in [2.75, 3.05) is 0 Å². The molecule has 144 valence electrons. The molecule has 2 heterocycles. The predicted molar refractivity (Wildman–Crippen MR) is 111 cm³/mol. The van der Waals surface area contributed by atoms with E-state index in [0.717, 1.165) is 28.9 Å².